The summed E-state index contributed by atoms with van der Waals surface area (Å²) < 4.78 is 2.10. The second-order valence-electron chi connectivity index (χ2n) is 4.14. The third kappa shape index (κ3) is 1.99. The van der Waals surface area contributed by atoms with Crippen LogP contribution in [0.4, 0.5) is 4.79 Å². The van der Waals surface area contributed by atoms with E-state index in [4.69, 9.17) is 0 Å². The number of hydrogen-bond donors (Lipinski definition) is 1. The average Bonchev–Trinajstić information content (AvgIpc) is 2.76. The van der Waals surface area contributed by atoms with E-state index in [1.807, 2.05) is 6.92 Å². The van der Waals surface area contributed by atoms with Gasteiger partial charge in [0.15, 0.2) is 0 Å². The van der Waals surface area contributed by atoms with E-state index in [1.54, 1.807) is 6.92 Å². The number of carbonyl (C=O) groups is 1. The van der Waals surface area contributed by atoms with Crippen LogP contribution in [0.3, 0.4) is 0 Å². The van der Waals surface area contributed by atoms with E-state index < -0.39 is 11.7 Å². The number of aryl methyl sites for hydroxylation is 1. The number of fused-ring (bicyclic) bond motifs is 1. The van der Waals surface area contributed by atoms with E-state index in [1.165, 1.54) is 7.05 Å². The molecule has 0 aliphatic rings. The van der Waals surface area contributed by atoms with E-state index in [-0.39, 0.29) is 5.56 Å². The monoisotopic (exact) mass is 280 g/mol. The number of rotatable bonds is 2. The molecular formula is C12H14N3O3S. The van der Waals surface area contributed by atoms with Gasteiger partial charge in [-0.2, -0.15) is 0 Å². The molecule has 7 heteroatoms. The Balaban J connectivity index is 2.98. The second-order valence-corrected chi connectivity index (χ2v) is 4.93. The van der Waals surface area contributed by atoms with E-state index in [0.717, 1.165) is 20.5 Å². The van der Waals surface area contributed by atoms with Crippen molar-refractivity contribution in [3.63, 3.8) is 0 Å². The Bertz CT molecular complexity index is 754. The molecule has 2 rings (SSSR count). The minimum absolute atomic E-state index is 0.292. The molecule has 0 aliphatic carbocycles. The number of aromatic nitrogens is 2. The first-order chi connectivity index (χ1) is 9.02. The zero-order valence-electron chi connectivity index (χ0n) is 10.9. The van der Waals surface area contributed by atoms with Crippen molar-refractivity contribution in [1.29, 1.82) is 0 Å². The van der Waals surface area contributed by atoms with Crippen LogP contribution in [0, 0.1) is 12.3 Å². The summed E-state index contributed by atoms with van der Waals surface area (Å²) in [5.41, 5.74) is -0.293. The van der Waals surface area contributed by atoms with E-state index in [0.29, 0.717) is 28.7 Å². The smallest absolute Gasteiger partial charge is 0.340 e. The summed E-state index contributed by atoms with van der Waals surface area (Å²) in [6.45, 7) is 3.90. The Kier molecular flexibility index (Phi) is 3.57. The van der Waals surface area contributed by atoms with Crippen molar-refractivity contribution >= 4 is 27.6 Å². The summed E-state index contributed by atoms with van der Waals surface area (Å²) in [6, 6.07) is -0.546. The molecule has 101 valence electrons. The molecule has 0 saturated carbocycles. The number of nitrogens with zero attached hydrogens (tertiary/aromatic N) is 2. The van der Waals surface area contributed by atoms with E-state index >= 15 is 0 Å². The van der Waals surface area contributed by atoms with Crippen LogP contribution in [-0.2, 0) is 6.54 Å². The number of nitrogens with one attached hydrogen (secondary N) is 1. The van der Waals surface area contributed by atoms with Gasteiger partial charge in [0.05, 0.1) is 10.8 Å². The standard InChI is InChI=1S/C12H14N3O3S/c1-4-5-14-9(16)8-7(2)6-19-10(8)15(12(14)18)11(17)13-3/h4-5H2,1-3H3,(H,13,17). The zero-order valence-corrected chi connectivity index (χ0v) is 11.8. The van der Waals surface area contributed by atoms with Crippen molar-refractivity contribution in [2.24, 2.45) is 0 Å². The van der Waals surface area contributed by atoms with Crippen molar-refractivity contribution in [1.82, 2.24) is 14.5 Å². The van der Waals surface area contributed by atoms with Gasteiger partial charge in [-0.15, -0.1) is 11.3 Å². The largest absolute Gasteiger partial charge is 0.340 e. The Morgan fingerprint density at radius 3 is 2.68 bits per heavy atom. The highest BCUT2D eigenvalue weighted by Crippen LogP contribution is 2.20. The summed E-state index contributed by atoms with van der Waals surface area (Å²) in [7, 11) is 1.44. The predicted octanol–water partition coefficient (Wildman–Crippen LogP) is 0.931. The number of carbonyl (C=O) groups excluding carboxylic acids is 1. The molecule has 1 N–H and O–H groups in total. The van der Waals surface area contributed by atoms with Gasteiger partial charge in [-0.1, -0.05) is 6.92 Å². The quantitative estimate of drug-likeness (QED) is 0.889. The van der Waals surface area contributed by atoms with Crippen molar-refractivity contribution in [2.75, 3.05) is 7.05 Å². The molecule has 2 aromatic heterocycles. The minimum atomic E-state index is -0.603. The summed E-state index contributed by atoms with van der Waals surface area (Å²) in [5, 5.41) is 5.73. The molecular weight excluding hydrogens is 266 g/mol. The normalized spacial score (nSPS) is 10.9. The van der Waals surface area contributed by atoms with Crippen LogP contribution in [0.2, 0.25) is 0 Å². The molecule has 0 aliphatic heterocycles. The van der Waals surface area contributed by atoms with Crippen LogP contribution in [0.1, 0.15) is 18.9 Å². The fraction of sp³-hybridized carbons (Fsp3) is 0.417. The van der Waals surface area contributed by atoms with Gasteiger partial charge >= 0.3 is 11.7 Å². The number of thiophene rings is 1. The number of hydrogen-bond acceptors (Lipinski definition) is 4. The molecule has 2 aromatic rings. The fourth-order valence-electron chi connectivity index (χ4n) is 1.94. The van der Waals surface area contributed by atoms with E-state index in [9.17, 15) is 14.4 Å². The molecule has 6 nitrogen and oxygen atoms in total. The Hall–Kier alpha value is -1.89. The van der Waals surface area contributed by atoms with Crippen LogP contribution >= 0.6 is 11.3 Å². The maximum atomic E-state index is 12.3. The highest BCUT2D eigenvalue weighted by atomic mass is 32.1. The van der Waals surface area contributed by atoms with Gasteiger partial charge in [0.1, 0.15) is 4.83 Å². The van der Waals surface area contributed by atoms with Gasteiger partial charge < -0.3 is 5.32 Å². The van der Waals surface area contributed by atoms with Crippen LogP contribution in [0.15, 0.2) is 9.59 Å². The van der Waals surface area contributed by atoms with Crippen molar-refractivity contribution in [3.05, 3.63) is 31.8 Å². The second kappa shape index (κ2) is 5.00. The van der Waals surface area contributed by atoms with Crippen molar-refractivity contribution in [3.8, 4) is 0 Å². The lowest BCUT2D eigenvalue weighted by atomic mass is 10.2. The predicted molar refractivity (Wildman–Crippen MR) is 74.1 cm³/mol. The molecule has 0 atom stereocenters. The minimum Gasteiger partial charge on any atom is -0.340 e. The van der Waals surface area contributed by atoms with Gasteiger partial charge in [0, 0.05) is 13.6 Å². The lowest BCUT2D eigenvalue weighted by Crippen LogP contribution is -2.44. The zero-order chi connectivity index (χ0) is 14.2. The maximum absolute atomic E-state index is 12.3. The molecule has 0 fully saturated rings. The van der Waals surface area contributed by atoms with Crippen molar-refractivity contribution in [2.45, 2.75) is 26.8 Å². The molecule has 0 spiro atoms. The SMILES string of the molecule is CCCn1c(=O)c2c(C)[c]sc2n(C(=O)NC)c1=O. The summed E-state index contributed by atoms with van der Waals surface area (Å²) in [5.74, 6) is 0. The number of amides is 1. The van der Waals surface area contributed by atoms with Gasteiger partial charge in [0.25, 0.3) is 5.56 Å². The molecule has 0 bridgehead atoms. The molecule has 2 heterocycles. The Labute approximate surface area is 113 Å². The molecule has 0 unspecified atom stereocenters. The molecule has 19 heavy (non-hydrogen) atoms. The first-order valence-corrected chi connectivity index (χ1v) is 6.73. The summed E-state index contributed by atoms with van der Waals surface area (Å²) in [4.78, 5) is 36.8. The Morgan fingerprint density at radius 1 is 1.42 bits per heavy atom. The topological polar surface area (TPSA) is 73.1 Å². The lowest BCUT2D eigenvalue weighted by molar-refractivity contribution is 0.243. The third-order valence-electron chi connectivity index (χ3n) is 2.84. The fourth-order valence-corrected chi connectivity index (χ4v) is 2.88. The van der Waals surface area contributed by atoms with Crippen LogP contribution in [-0.4, -0.2) is 22.2 Å². The third-order valence-corrected chi connectivity index (χ3v) is 3.83. The van der Waals surface area contributed by atoms with Gasteiger partial charge in [0.2, 0.25) is 0 Å². The lowest BCUT2D eigenvalue weighted by Gasteiger charge is -2.09. The van der Waals surface area contributed by atoms with Gasteiger partial charge in [-0.05, 0) is 18.9 Å². The highest BCUT2D eigenvalue weighted by molar-refractivity contribution is 7.16. The van der Waals surface area contributed by atoms with Gasteiger partial charge in [-0.3, -0.25) is 9.36 Å². The Morgan fingerprint density at radius 2 is 2.11 bits per heavy atom. The van der Waals surface area contributed by atoms with Gasteiger partial charge in [-0.25, -0.2) is 14.2 Å². The summed E-state index contributed by atoms with van der Waals surface area (Å²) in [6.07, 6.45) is 0.640. The van der Waals surface area contributed by atoms with Crippen LogP contribution in [0.25, 0.3) is 10.2 Å². The average molecular weight is 280 g/mol. The van der Waals surface area contributed by atoms with Crippen molar-refractivity contribution < 1.29 is 4.79 Å². The van der Waals surface area contributed by atoms with Crippen LogP contribution in [0.5, 0.6) is 0 Å². The molecule has 1 amide bonds. The first kappa shape index (κ1) is 13.5. The molecule has 1 radical (unpaired) electrons. The first-order valence-electron chi connectivity index (χ1n) is 5.91. The molecule has 0 saturated heterocycles. The highest BCUT2D eigenvalue weighted by Gasteiger charge is 2.19. The van der Waals surface area contributed by atoms with Crippen LogP contribution < -0.4 is 16.6 Å². The van der Waals surface area contributed by atoms with E-state index in [2.05, 4.69) is 10.7 Å². The maximum Gasteiger partial charge on any atom is 0.340 e. The summed E-state index contributed by atoms with van der Waals surface area (Å²) >= 11 is 1.10. The molecule has 0 aromatic carbocycles.